The van der Waals surface area contributed by atoms with E-state index in [0.717, 1.165) is 17.2 Å². The minimum atomic E-state index is -0.0426. The molecule has 2 aromatic rings. The molecule has 0 saturated heterocycles. The van der Waals surface area contributed by atoms with Crippen molar-refractivity contribution in [1.82, 2.24) is 20.3 Å². The maximum absolute atomic E-state index is 5.88. The summed E-state index contributed by atoms with van der Waals surface area (Å²) in [6.45, 7) is 1.87. The standard InChI is InChI=1S/C13H16N4O2/c1-14-6-10-7-17(16-15-10)8-11-9-18-12-4-2-3-5-13(12)19-11/h2-5,7,11,14H,6,8-9H2,1H3. The van der Waals surface area contributed by atoms with E-state index in [-0.39, 0.29) is 6.10 Å². The van der Waals surface area contributed by atoms with E-state index < -0.39 is 0 Å². The van der Waals surface area contributed by atoms with E-state index in [1.54, 1.807) is 4.68 Å². The Morgan fingerprint density at radius 2 is 2.21 bits per heavy atom. The summed E-state index contributed by atoms with van der Waals surface area (Å²) in [5.41, 5.74) is 0.916. The second-order valence-electron chi connectivity index (χ2n) is 4.46. The van der Waals surface area contributed by atoms with Crippen molar-refractivity contribution in [3.63, 3.8) is 0 Å². The van der Waals surface area contributed by atoms with Crippen LogP contribution in [0.2, 0.25) is 0 Å². The van der Waals surface area contributed by atoms with Crippen LogP contribution in [-0.4, -0.2) is 34.8 Å². The molecule has 0 saturated carbocycles. The van der Waals surface area contributed by atoms with Crippen LogP contribution in [0.4, 0.5) is 0 Å². The molecule has 1 atom stereocenters. The average Bonchev–Trinajstić information content (AvgIpc) is 2.86. The third-order valence-corrected chi connectivity index (χ3v) is 2.90. The summed E-state index contributed by atoms with van der Waals surface area (Å²) in [4.78, 5) is 0. The molecule has 19 heavy (non-hydrogen) atoms. The first kappa shape index (κ1) is 12.0. The Balaban J connectivity index is 1.65. The number of para-hydroxylation sites is 2. The lowest BCUT2D eigenvalue weighted by Gasteiger charge is -2.26. The Labute approximate surface area is 111 Å². The zero-order valence-corrected chi connectivity index (χ0v) is 10.7. The summed E-state index contributed by atoms with van der Waals surface area (Å²) in [5, 5.41) is 11.2. The first-order valence-corrected chi connectivity index (χ1v) is 6.27. The quantitative estimate of drug-likeness (QED) is 0.882. The summed E-state index contributed by atoms with van der Waals surface area (Å²) in [5.74, 6) is 1.59. The van der Waals surface area contributed by atoms with E-state index in [4.69, 9.17) is 9.47 Å². The molecule has 100 valence electrons. The van der Waals surface area contributed by atoms with Crippen molar-refractivity contribution in [2.45, 2.75) is 19.2 Å². The molecule has 6 heteroatoms. The normalized spacial score (nSPS) is 17.4. The van der Waals surface area contributed by atoms with Crippen LogP contribution in [0.15, 0.2) is 30.5 Å². The summed E-state index contributed by atoms with van der Waals surface area (Å²) in [7, 11) is 1.88. The molecule has 6 nitrogen and oxygen atoms in total. The van der Waals surface area contributed by atoms with Gasteiger partial charge in [-0.05, 0) is 19.2 Å². The molecule has 2 heterocycles. The van der Waals surface area contributed by atoms with E-state index in [1.165, 1.54) is 0 Å². The maximum atomic E-state index is 5.88. The summed E-state index contributed by atoms with van der Waals surface area (Å²) >= 11 is 0. The smallest absolute Gasteiger partial charge is 0.161 e. The molecule has 0 spiro atoms. The molecule has 0 amide bonds. The molecule has 0 fully saturated rings. The molecule has 1 aliphatic rings. The van der Waals surface area contributed by atoms with E-state index >= 15 is 0 Å². The average molecular weight is 260 g/mol. The number of hydrogen-bond acceptors (Lipinski definition) is 5. The van der Waals surface area contributed by atoms with Crippen LogP contribution in [0.5, 0.6) is 11.5 Å². The molecule has 0 radical (unpaired) electrons. The SMILES string of the molecule is CNCc1cn(CC2COc3ccccc3O2)nn1. The van der Waals surface area contributed by atoms with Gasteiger partial charge in [-0.25, -0.2) is 4.68 Å². The topological polar surface area (TPSA) is 61.2 Å². The molecule has 1 aliphatic heterocycles. The van der Waals surface area contributed by atoms with E-state index in [9.17, 15) is 0 Å². The zero-order valence-electron chi connectivity index (χ0n) is 10.7. The van der Waals surface area contributed by atoms with Gasteiger partial charge in [0, 0.05) is 12.7 Å². The largest absolute Gasteiger partial charge is 0.486 e. The molecular formula is C13H16N4O2. The molecule has 1 N–H and O–H groups in total. The van der Waals surface area contributed by atoms with Gasteiger partial charge in [-0.2, -0.15) is 0 Å². The lowest BCUT2D eigenvalue weighted by Crippen LogP contribution is -2.33. The van der Waals surface area contributed by atoms with Crippen molar-refractivity contribution in [3.8, 4) is 11.5 Å². The van der Waals surface area contributed by atoms with Crippen LogP contribution >= 0.6 is 0 Å². The number of rotatable bonds is 4. The van der Waals surface area contributed by atoms with Gasteiger partial charge in [0.1, 0.15) is 6.61 Å². The molecule has 1 unspecified atom stereocenters. The molecular weight excluding hydrogens is 244 g/mol. The third-order valence-electron chi connectivity index (χ3n) is 2.90. The minimum absolute atomic E-state index is 0.0426. The Morgan fingerprint density at radius 1 is 1.37 bits per heavy atom. The van der Waals surface area contributed by atoms with Gasteiger partial charge in [0.05, 0.1) is 12.2 Å². The van der Waals surface area contributed by atoms with Crippen molar-refractivity contribution in [2.24, 2.45) is 0 Å². The van der Waals surface area contributed by atoms with Gasteiger partial charge in [0.25, 0.3) is 0 Å². The summed E-state index contributed by atoms with van der Waals surface area (Å²) in [6.07, 6.45) is 1.87. The lowest BCUT2D eigenvalue weighted by molar-refractivity contribution is 0.0755. The summed E-state index contributed by atoms with van der Waals surface area (Å²) < 4.78 is 13.3. The molecule has 1 aromatic carbocycles. The first-order chi connectivity index (χ1) is 9.35. The van der Waals surface area contributed by atoms with E-state index in [1.807, 2.05) is 37.5 Å². The summed E-state index contributed by atoms with van der Waals surface area (Å²) in [6, 6.07) is 7.69. The second kappa shape index (κ2) is 5.27. The van der Waals surface area contributed by atoms with Gasteiger partial charge in [-0.3, -0.25) is 0 Å². The highest BCUT2D eigenvalue weighted by molar-refractivity contribution is 5.40. The van der Waals surface area contributed by atoms with Crippen LogP contribution < -0.4 is 14.8 Å². The Morgan fingerprint density at radius 3 is 3.05 bits per heavy atom. The van der Waals surface area contributed by atoms with E-state index in [2.05, 4.69) is 15.6 Å². The van der Waals surface area contributed by atoms with Crippen molar-refractivity contribution in [3.05, 3.63) is 36.2 Å². The van der Waals surface area contributed by atoms with Crippen LogP contribution in [-0.2, 0) is 13.1 Å². The highest BCUT2D eigenvalue weighted by Crippen LogP contribution is 2.31. The Kier molecular flexibility index (Phi) is 3.33. The second-order valence-corrected chi connectivity index (χ2v) is 4.46. The molecule has 3 rings (SSSR count). The van der Waals surface area contributed by atoms with Gasteiger partial charge in [0.2, 0.25) is 0 Å². The van der Waals surface area contributed by atoms with E-state index in [0.29, 0.717) is 19.7 Å². The predicted octanol–water partition coefficient (Wildman–Crippen LogP) is 0.837. The molecule has 0 bridgehead atoms. The number of hydrogen-bond donors (Lipinski definition) is 1. The minimum Gasteiger partial charge on any atom is -0.486 e. The molecule has 0 aliphatic carbocycles. The maximum Gasteiger partial charge on any atom is 0.161 e. The predicted molar refractivity (Wildman–Crippen MR) is 69.1 cm³/mol. The third kappa shape index (κ3) is 2.68. The van der Waals surface area contributed by atoms with Gasteiger partial charge in [-0.1, -0.05) is 17.3 Å². The number of nitrogens with one attached hydrogen (secondary N) is 1. The first-order valence-electron chi connectivity index (χ1n) is 6.27. The van der Waals surface area contributed by atoms with Crippen molar-refractivity contribution in [1.29, 1.82) is 0 Å². The number of fused-ring (bicyclic) bond motifs is 1. The van der Waals surface area contributed by atoms with Gasteiger partial charge in [-0.15, -0.1) is 5.10 Å². The Hall–Kier alpha value is -2.08. The fraction of sp³-hybridized carbons (Fsp3) is 0.385. The fourth-order valence-corrected chi connectivity index (χ4v) is 2.05. The van der Waals surface area contributed by atoms with Gasteiger partial charge in [0.15, 0.2) is 17.6 Å². The van der Waals surface area contributed by atoms with Gasteiger partial charge >= 0.3 is 0 Å². The fourth-order valence-electron chi connectivity index (χ4n) is 2.05. The number of aromatic nitrogens is 3. The van der Waals surface area contributed by atoms with Crippen LogP contribution in [0, 0.1) is 0 Å². The van der Waals surface area contributed by atoms with Crippen molar-refractivity contribution >= 4 is 0 Å². The lowest BCUT2D eigenvalue weighted by atomic mass is 10.2. The van der Waals surface area contributed by atoms with Crippen LogP contribution in [0.3, 0.4) is 0 Å². The van der Waals surface area contributed by atoms with Gasteiger partial charge < -0.3 is 14.8 Å². The number of benzene rings is 1. The number of ether oxygens (including phenoxy) is 2. The number of nitrogens with zero attached hydrogens (tertiary/aromatic N) is 3. The highest BCUT2D eigenvalue weighted by Gasteiger charge is 2.21. The van der Waals surface area contributed by atoms with Crippen molar-refractivity contribution < 1.29 is 9.47 Å². The van der Waals surface area contributed by atoms with Crippen molar-refractivity contribution in [2.75, 3.05) is 13.7 Å². The highest BCUT2D eigenvalue weighted by atomic mass is 16.6. The molecule has 1 aromatic heterocycles. The Bertz CT molecular complexity index is 555. The zero-order chi connectivity index (χ0) is 13.1. The monoisotopic (exact) mass is 260 g/mol. The van der Waals surface area contributed by atoms with Crippen LogP contribution in [0.25, 0.3) is 0 Å². The van der Waals surface area contributed by atoms with Crippen LogP contribution in [0.1, 0.15) is 5.69 Å².